The average Bonchev–Trinajstić information content (AvgIpc) is 2.72. The second-order valence-corrected chi connectivity index (χ2v) is 6.54. The second kappa shape index (κ2) is 6.54. The maximum Gasteiger partial charge on any atom is 0.186 e. The maximum atomic E-state index is 11.4. The highest BCUT2D eigenvalue weighted by Gasteiger charge is 2.46. The van der Waals surface area contributed by atoms with Gasteiger partial charge in [-0.25, -0.2) is 0 Å². The molecule has 0 saturated heterocycles. The molecule has 1 heterocycles. The summed E-state index contributed by atoms with van der Waals surface area (Å²) in [5.41, 5.74) is 0.451. The van der Waals surface area contributed by atoms with Gasteiger partial charge in [-0.2, -0.15) is 4.57 Å². The standard InChI is InChI=1S/C13H18NO7P/c1-8(15)9-3-2-4-14(6-9)11-5-10(12(16)13(11)17)7-21-22(18,19)20/h2-4,6,10-13,16-17H,5,7H2,1H3,(H-,18,19,20)/p-1. The summed E-state index contributed by atoms with van der Waals surface area (Å²) in [4.78, 5) is 32.4. The van der Waals surface area contributed by atoms with Crippen LogP contribution in [0, 0.1) is 5.92 Å². The topological polar surface area (TPSA) is 134 Å². The lowest BCUT2D eigenvalue weighted by Gasteiger charge is -2.30. The van der Waals surface area contributed by atoms with Crippen LogP contribution in [-0.4, -0.2) is 34.8 Å². The van der Waals surface area contributed by atoms with E-state index in [1.807, 2.05) is 0 Å². The fourth-order valence-corrected chi connectivity index (χ4v) is 3.03. The van der Waals surface area contributed by atoms with Gasteiger partial charge in [-0.1, -0.05) is 0 Å². The van der Waals surface area contributed by atoms with E-state index in [0.29, 0.717) is 5.56 Å². The third kappa shape index (κ3) is 3.98. The van der Waals surface area contributed by atoms with Crippen LogP contribution in [0.2, 0.25) is 0 Å². The Morgan fingerprint density at radius 2 is 2.14 bits per heavy atom. The second-order valence-electron chi connectivity index (χ2n) is 5.38. The molecule has 2 N–H and O–H groups in total. The Bertz CT molecular complexity index is 602. The Kier molecular flexibility index (Phi) is 5.11. The molecule has 0 radical (unpaired) electrons. The number of aliphatic hydroxyl groups excluding tert-OH is 2. The van der Waals surface area contributed by atoms with Gasteiger partial charge in [-0.15, -0.1) is 0 Å². The average molecular weight is 330 g/mol. The number of carbonyl (C=O) groups excluding carboxylic acids is 1. The number of hydrogen-bond acceptors (Lipinski definition) is 7. The van der Waals surface area contributed by atoms with Crippen LogP contribution < -0.4 is 14.4 Å². The van der Waals surface area contributed by atoms with Crippen molar-refractivity contribution in [3.8, 4) is 0 Å². The summed E-state index contributed by atoms with van der Waals surface area (Å²) in [6, 6.07) is 2.73. The molecule has 1 aliphatic rings. The number of phosphoric ester groups is 1. The number of ketones is 1. The molecule has 1 aromatic rings. The zero-order valence-electron chi connectivity index (χ0n) is 11.9. The van der Waals surface area contributed by atoms with E-state index in [4.69, 9.17) is 0 Å². The van der Waals surface area contributed by atoms with Gasteiger partial charge in [0.1, 0.15) is 6.10 Å². The van der Waals surface area contributed by atoms with Crippen LogP contribution in [0.15, 0.2) is 24.5 Å². The highest BCUT2D eigenvalue weighted by Crippen LogP contribution is 2.35. The Morgan fingerprint density at radius 1 is 1.45 bits per heavy atom. The molecular weight excluding hydrogens is 313 g/mol. The number of carbonyl (C=O) groups is 1. The van der Waals surface area contributed by atoms with E-state index in [0.717, 1.165) is 0 Å². The van der Waals surface area contributed by atoms with Gasteiger partial charge in [0.2, 0.25) is 0 Å². The largest absolute Gasteiger partial charge is 0.790 e. The molecule has 0 aliphatic heterocycles. The minimum absolute atomic E-state index is 0.138. The molecule has 4 unspecified atom stereocenters. The fourth-order valence-electron chi connectivity index (χ4n) is 2.65. The van der Waals surface area contributed by atoms with Crippen molar-refractivity contribution in [1.29, 1.82) is 0 Å². The van der Waals surface area contributed by atoms with Crippen LogP contribution in [-0.2, 0) is 9.09 Å². The molecule has 2 rings (SSSR count). The molecule has 122 valence electrons. The molecular formula is C13H17NO7P-. The third-order valence-corrected chi connectivity index (χ3v) is 4.30. The van der Waals surface area contributed by atoms with Crippen molar-refractivity contribution in [2.24, 2.45) is 5.92 Å². The number of nitrogens with zero attached hydrogens (tertiary/aromatic N) is 1. The predicted octanol–water partition coefficient (Wildman–Crippen LogP) is -1.70. The highest BCUT2D eigenvalue weighted by atomic mass is 31.2. The zero-order chi connectivity index (χ0) is 16.5. The van der Waals surface area contributed by atoms with Crippen LogP contribution in [0.5, 0.6) is 0 Å². The van der Waals surface area contributed by atoms with Gasteiger partial charge in [0, 0.05) is 18.4 Å². The molecule has 1 fully saturated rings. The van der Waals surface area contributed by atoms with E-state index in [1.54, 1.807) is 29.1 Å². The Hall–Kier alpha value is -1.15. The van der Waals surface area contributed by atoms with Crippen molar-refractivity contribution >= 4 is 13.6 Å². The first-order chi connectivity index (χ1) is 10.2. The van der Waals surface area contributed by atoms with Crippen molar-refractivity contribution in [1.82, 2.24) is 0 Å². The van der Waals surface area contributed by atoms with Crippen LogP contribution in [0.25, 0.3) is 0 Å². The molecule has 1 aromatic heterocycles. The van der Waals surface area contributed by atoms with Gasteiger partial charge in [-0.05, 0) is 13.0 Å². The molecule has 1 aliphatic carbocycles. The number of hydrogen-bond donors (Lipinski definition) is 2. The van der Waals surface area contributed by atoms with E-state index < -0.39 is 38.6 Å². The van der Waals surface area contributed by atoms with Gasteiger partial charge in [0.05, 0.1) is 26.1 Å². The van der Waals surface area contributed by atoms with E-state index in [-0.39, 0.29) is 12.2 Å². The predicted molar refractivity (Wildman–Crippen MR) is 69.4 cm³/mol. The van der Waals surface area contributed by atoms with Crippen LogP contribution in [0.3, 0.4) is 0 Å². The van der Waals surface area contributed by atoms with Gasteiger partial charge < -0.3 is 29.1 Å². The quantitative estimate of drug-likeness (QED) is 0.373. The van der Waals surface area contributed by atoms with Crippen molar-refractivity contribution < 1.29 is 38.5 Å². The molecule has 1 saturated carbocycles. The van der Waals surface area contributed by atoms with Gasteiger partial charge in [0.15, 0.2) is 24.2 Å². The van der Waals surface area contributed by atoms with Gasteiger partial charge >= 0.3 is 0 Å². The Balaban J connectivity index is 2.14. The van der Waals surface area contributed by atoms with E-state index in [1.165, 1.54) is 6.92 Å². The lowest BCUT2D eigenvalue weighted by atomic mass is 10.1. The Morgan fingerprint density at radius 3 is 2.73 bits per heavy atom. The number of rotatable bonds is 5. The number of Topliss-reactive ketones (excluding diaryl/α,β-unsaturated/α-hetero) is 1. The SMILES string of the molecule is CC(=O)c1ccc[n+](C2CC(COP(=O)([O-])[O-])C(O)C2O)c1. The minimum Gasteiger partial charge on any atom is -0.790 e. The first kappa shape index (κ1) is 17.2. The summed E-state index contributed by atoms with van der Waals surface area (Å²) in [5, 5.41) is 20.1. The molecule has 0 amide bonds. The van der Waals surface area contributed by atoms with Crippen LogP contribution >= 0.6 is 7.82 Å². The molecule has 0 bridgehead atoms. The van der Waals surface area contributed by atoms with Crippen molar-refractivity contribution in [2.75, 3.05) is 6.61 Å². The monoisotopic (exact) mass is 330 g/mol. The van der Waals surface area contributed by atoms with Crippen molar-refractivity contribution in [3.05, 3.63) is 30.1 Å². The first-order valence-corrected chi connectivity index (χ1v) is 8.19. The smallest absolute Gasteiger partial charge is 0.186 e. The highest BCUT2D eigenvalue weighted by molar-refractivity contribution is 7.43. The van der Waals surface area contributed by atoms with Crippen molar-refractivity contribution in [3.63, 3.8) is 0 Å². The normalized spacial score (nSPS) is 28.8. The van der Waals surface area contributed by atoms with Crippen LogP contribution in [0.4, 0.5) is 0 Å². The summed E-state index contributed by atoms with van der Waals surface area (Å²) in [6.07, 6.45) is 1.04. The summed E-state index contributed by atoms with van der Waals surface area (Å²) in [5.74, 6) is -0.828. The summed E-state index contributed by atoms with van der Waals surface area (Å²) in [7, 11) is -5.12. The number of phosphoric acid groups is 1. The summed E-state index contributed by atoms with van der Waals surface area (Å²) in [6.45, 7) is 0.933. The molecule has 8 nitrogen and oxygen atoms in total. The van der Waals surface area contributed by atoms with E-state index in [9.17, 15) is 29.4 Å². The molecule has 0 spiro atoms. The molecule has 0 aromatic carbocycles. The molecule has 22 heavy (non-hydrogen) atoms. The lowest BCUT2D eigenvalue weighted by Crippen LogP contribution is -2.45. The number of aromatic nitrogens is 1. The van der Waals surface area contributed by atoms with E-state index >= 15 is 0 Å². The summed E-state index contributed by atoms with van der Waals surface area (Å²) < 4.78 is 16.3. The van der Waals surface area contributed by atoms with Gasteiger partial charge in [-0.3, -0.25) is 4.79 Å². The molecule has 4 atom stereocenters. The zero-order valence-corrected chi connectivity index (χ0v) is 12.8. The van der Waals surface area contributed by atoms with Crippen LogP contribution in [0.1, 0.15) is 29.7 Å². The van der Waals surface area contributed by atoms with Gasteiger partial charge in [0.25, 0.3) is 0 Å². The third-order valence-electron chi connectivity index (χ3n) is 3.83. The molecule has 9 heteroatoms. The number of aliphatic hydroxyl groups is 2. The first-order valence-electron chi connectivity index (χ1n) is 6.73. The number of pyridine rings is 1. The van der Waals surface area contributed by atoms with E-state index in [2.05, 4.69) is 4.52 Å². The minimum atomic E-state index is -5.12. The fraction of sp³-hybridized carbons (Fsp3) is 0.538. The van der Waals surface area contributed by atoms with Crippen molar-refractivity contribution in [2.45, 2.75) is 31.6 Å². The maximum absolute atomic E-state index is 11.4. The Labute approximate surface area is 127 Å². The summed E-state index contributed by atoms with van der Waals surface area (Å²) >= 11 is 0. The lowest BCUT2D eigenvalue weighted by molar-refractivity contribution is -0.728.